The Bertz CT molecular complexity index is 66.7. The first-order valence-electron chi connectivity index (χ1n) is 1.52. The maximum absolute atomic E-state index is 10.1. The summed E-state index contributed by atoms with van der Waals surface area (Å²) in [6, 6.07) is 0. The van der Waals surface area contributed by atoms with E-state index in [0.29, 0.717) is 0 Å². The van der Waals surface area contributed by atoms with Crippen molar-refractivity contribution in [3.63, 3.8) is 0 Å². The summed E-state index contributed by atoms with van der Waals surface area (Å²) >= 11 is 2.94. The fourth-order valence-electron chi connectivity index (χ4n) is 0.0930. The van der Waals surface area contributed by atoms with Gasteiger partial charge in [-0.05, 0) is 0 Å². The summed E-state index contributed by atoms with van der Waals surface area (Å²) in [6.45, 7) is 0. The predicted molar refractivity (Wildman–Crippen MR) is 37.9 cm³/mol. The zero-order chi connectivity index (χ0) is 5.70. The van der Waals surface area contributed by atoms with Crippen molar-refractivity contribution in [3.05, 3.63) is 0 Å². The number of rotatable bonds is 2. The van der Waals surface area contributed by atoms with E-state index in [9.17, 15) is 4.79 Å². The Morgan fingerprint density at radius 2 is 2.57 bits per heavy atom. The first-order valence-corrected chi connectivity index (χ1v) is 5.36. The maximum Gasteiger partial charge on any atom is 0.319 e. The van der Waals surface area contributed by atoms with Gasteiger partial charge in [-0.1, -0.05) is 24.9 Å². The molecule has 0 amide bonds. The van der Waals surface area contributed by atoms with Crippen molar-refractivity contribution < 1.29 is 9.32 Å². The molecule has 0 rings (SSSR count). The van der Waals surface area contributed by atoms with Crippen LogP contribution in [0.2, 0.25) is 0 Å². The number of carbonyl (C=O) groups is 1. The van der Waals surface area contributed by atoms with Crippen molar-refractivity contribution in [1.82, 2.24) is 0 Å². The van der Waals surface area contributed by atoms with E-state index < -0.39 is 0 Å². The van der Waals surface area contributed by atoms with Gasteiger partial charge in [-0.15, -0.1) is 0 Å². The van der Waals surface area contributed by atoms with Crippen LogP contribution in [-0.4, -0.2) is 11.3 Å². The van der Waals surface area contributed by atoms with Crippen molar-refractivity contribution >= 4 is 39.3 Å². The number of halogens is 1. The molecule has 0 bridgehead atoms. The first-order chi connectivity index (χ1) is 3.31. The van der Waals surface area contributed by atoms with Crippen LogP contribution in [0.15, 0.2) is 0 Å². The highest BCUT2D eigenvalue weighted by Gasteiger charge is 1.93. The average Bonchev–Trinajstić information content (AvgIpc) is 1.68. The predicted octanol–water partition coefficient (Wildman–Crippen LogP) is 1.31. The molecule has 0 aliphatic rings. The van der Waals surface area contributed by atoms with E-state index in [1.54, 1.807) is 0 Å². The normalized spacial score (nSPS) is 10.0. The molecule has 2 unspecified atom stereocenters. The van der Waals surface area contributed by atoms with Crippen LogP contribution in [0.3, 0.4) is 0 Å². The third-order valence-corrected chi connectivity index (χ3v) is 1.44. The number of alkyl halides is 1. The molecule has 42 valence electrons. The Labute approximate surface area is 54.5 Å². The third kappa shape index (κ3) is 4.67. The van der Waals surface area contributed by atoms with Crippen molar-refractivity contribution in [3.8, 4) is 0 Å². The highest BCUT2D eigenvalue weighted by Crippen LogP contribution is 2.21. The number of hydrogen-bond acceptors (Lipinski definition) is 2. The second kappa shape index (κ2) is 4.96. The Morgan fingerprint density at radius 3 is 2.71 bits per heavy atom. The SMILES string of the molecule is O=C(CBr)OPP. The van der Waals surface area contributed by atoms with Crippen LogP contribution in [0.5, 0.6) is 0 Å². The monoisotopic (exact) mass is 202 g/mol. The van der Waals surface area contributed by atoms with Gasteiger partial charge in [0.15, 0.2) is 0 Å². The minimum absolute atomic E-state index is 0.182. The van der Waals surface area contributed by atoms with Gasteiger partial charge >= 0.3 is 5.97 Å². The molecular weight excluding hydrogens is 198 g/mol. The van der Waals surface area contributed by atoms with E-state index in [0.717, 1.165) is 0 Å². The first kappa shape index (κ1) is 7.81. The summed E-state index contributed by atoms with van der Waals surface area (Å²) < 4.78 is 4.50. The van der Waals surface area contributed by atoms with E-state index in [1.807, 2.05) is 0 Å². The van der Waals surface area contributed by atoms with E-state index in [2.05, 4.69) is 29.4 Å². The molecule has 7 heavy (non-hydrogen) atoms. The molecule has 0 radical (unpaired) electrons. The van der Waals surface area contributed by atoms with E-state index in [1.165, 1.54) is 0 Å². The molecule has 0 fully saturated rings. The summed E-state index contributed by atoms with van der Waals surface area (Å²) in [5.41, 5.74) is 0. The quantitative estimate of drug-likeness (QED) is 0.499. The third-order valence-electron chi connectivity index (χ3n) is 0.282. The molecule has 0 aliphatic heterocycles. The van der Waals surface area contributed by atoms with Gasteiger partial charge < -0.3 is 4.52 Å². The van der Waals surface area contributed by atoms with Gasteiger partial charge in [0.2, 0.25) is 0 Å². The topological polar surface area (TPSA) is 26.3 Å². The molecule has 0 aromatic carbocycles. The van der Waals surface area contributed by atoms with Crippen LogP contribution in [0.1, 0.15) is 0 Å². The summed E-state index contributed by atoms with van der Waals surface area (Å²) in [5.74, 6) is -0.215. The lowest BCUT2D eigenvalue weighted by atomic mass is 10.8. The second-order valence-electron chi connectivity index (χ2n) is 0.726. The molecule has 5 heteroatoms. The molecule has 0 aromatic heterocycles. The summed E-state index contributed by atoms with van der Waals surface area (Å²) in [6.07, 6.45) is 0. The molecule has 2 atom stereocenters. The van der Waals surface area contributed by atoms with E-state index >= 15 is 0 Å². The van der Waals surface area contributed by atoms with Gasteiger partial charge in [-0.2, -0.15) is 0 Å². The van der Waals surface area contributed by atoms with Crippen LogP contribution in [-0.2, 0) is 9.32 Å². The summed E-state index contributed by atoms with van der Waals surface area (Å²) in [7, 11) is 2.50. The maximum atomic E-state index is 10.1. The Balaban J connectivity index is 3.00. The molecule has 0 N–H and O–H groups in total. The Hall–Kier alpha value is 0.810. The van der Waals surface area contributed by atoms with Crippen molar-refractivity contribution in [2.75, 3.05) is 5.33 Å². The van der Waals surface area contributed by atoms with Gasteiger partial charge in [0, 0.05) is 0 Å². The molecule has 0 aliphatic carbocycles. The molecule has 0 aromatic rings. The van der Waals surface area contributed by atoms with Gasteiger partial charge in [0.1, 0.15) is 5.33 Å². The van der Waals surface area contributed by atoms with Gasteiger partial charge in [0.05, 0.1) is 8.50 Å². The smallest absolute Gasteiger partial charge is 0.319 e. The molecule has 0 saturated heterocycles. The van der Waals surface area contributed by atoms with E-state index in [4.69, 9.17) is 0 Å². The van der Waals surface area contributed by atoms with Crippen molar-refractivity contribution in [1.29, 1.82) is 0 Å². The standard InChI is InChI=1S/C2H5BrO2P2/c3-1-2(4)5-7-6/h7H,1,6H2. The molecule has 0 spiro atoms. The molecule has 0 saturated carbocycles. The summed E-state index contributed by atoms with van der Waals surface area (Å²) in [4.78, 5) is 10.1. The zero-order valence-corrected chi connectivity index (χ0v) is 7.22. The minimum atomic E-state index is -0.215. The summed E-state index contributed by atoms with van der Waals surface area (Å²) in [5, 5.41) is 0.286. The Morgan fingerprint density at radius 1 is 2.00 bits per heavy atom. The lowest BCUT2D eigenvalue weighted by Gasteiger charge is -1.92. The number of carbonyl (C=O) groups excluding carboxylic acids is 1. The largest absolute Gasteiger partial charge is 0.444 e. The van der Waals surface area contributed by atoms with Crippen LogP contribution < -0.4 is 0 Å². The van der Waals surface area contributed by atoms with Crippen molar-refractivity contribution in [2.45, 2.75) is 0 Å². The van der Waals surface area contributed by atoms with Crippen molar-refractivity contribution in [2.24, 2.45) is 0 Å². The minimum Gasteiger partial charge on any atom is -0.444 e. The highest BCUT2D eigenvalue weighted by molar-refractivity contribution is 9.09. The van der Waals surface area contributed by atoms with E-state index in [-0.39, 0.29) is 19.8 Å². The van der Waals surface area contributed by atoms with Crippen LogP contribution >= 0.6 is 33.4 Å². The van der Waals surface area contributed by atoms with Crippen LogP contribution in [0.4, 0.5) is 0 Å². The zero-order valence-electron chi connectivity index (χ0n) is 3.48. The van der Waals surface area contributed by atoms with Crippen LogP contribution in [0, 0.1) is 0 Å². The lowest BCUT2D eigenvalue weighted by Crippen LogP contribution is -1.95. The fraction of sp³-hybridized carbons (Fsp3) is 0.500. The van der Waals surface area contributed by atoms with Gasteiger partial charge in [-0.3, -0.25) is 4.79 Å². The average molecular weight is 203 g/mol. The van der Waals surface area contributed by atoms with Gasteiger partial charge in [-0.25, -0.2) is 0 Å². The lowest BCUT2D eigenvalue weighted by molar-refractivity contribution is -0.130. The van der Waals surface area contributed by atoms with Gasteiger partial charge in [0.25, 0.3) is 0 Å². The molecule has 2 nitrogen and oxygen atoms in total. The molecular formula is C2H5BrO2P2. The Kier molecular flexibility index (Phi) is 5.53. The molecule has 0 heterocycles. The number of hydrogen-bond donors (Lipinski definition) is 0. The van der Waals surface area contributed by atoms with Crippen LogP contribution in [0.25, 0.3) is 0 Å². The second-order valence-corrected chi connectivity index (χ2v) is 2.43. The fourth-order valence-corrected chi connectivity index (χ4v) is 1.02. The highest BCUT2D eigenvalue weighted by atomic mass is 79.9.